The van der Waals surface area contributed by atoms with Gasteiger partial charge in [-0.05, 0) is 5.88 Å². The standard InChI is InChI=1S/C3H6Cl.3CH4O.Ti/c1-2-3-4;3*1-2;/h1-3H2;3*2H,1H3;/q-1;;;;. The van der Waals surface area contributed by atoms with E-state index in [1.165, 1.54) is 0 Å². The van der Waals surface area contributed by atoms with Crippen molar-refractivity contribution < 1.29 is 37.0 Å². The van der Waals surface area contributed by atoms with Crippen molar-refractivity contribution in [2.45, 2.75) is 6.42 Å². The van der Waals surface area contributed by atoms with Crippen molar-refractivity contribution in [3.05, 3.63) is 6.92 Å². The van der Waals surface area contributed by atoms with Gasteiger partial charge in [0.05, 0.1) is 0 Å². The van der Waals surface area contributed by atoms with Crippen molar-refractivity contribution in [3.63, 3.8) is 0 Å². The van der Waals surface area contributed by atoms with Gasteiger partial charge in [0.1, 0.15) is 0 Å². The molecule has 0 atom stereocenters. The maximum atomic E-state index is 7.00. The van der Waals surface area contributed by atoms with E-state index in [9.17, 15) is 0 Å². The fourth-order valence-corrected chi connectivity index (χ4v) is 0. The van der Waals surface area contributed by atoms with E-state index < -0.39 is 0 Å². The van der Waals surface area contributed by atoms with Crippen molar-refractivity contribution in [3.8, 4) is 0 Å². The van der Waals surface area contributed by atoms with Crippen molar-refractivity contribution >= 4 is 11.6 Å². The van der Waals surface area contributed by atoms with Crippen LogP contribution in [0, 0.1) is 6.92 Å². The average Bonchev–Trinajstić information content (AvgIpc) is 2.14. The number of rotatable bonds is 1. The van der Waals surface area contributed by atoms with Gasteiger partial charge in [-0.2, -0.15) is 6.42 Å². The molecule has 0 bridgehead atoms. The molecular weight excluding hydrogens is 203 g/mol. The van der Waals surface area contributed by atoms with E-state index in [0.717, 1.165) is 27.8 Å². The van der Waals surface area contributed by atoms with Gasteiger partial charge >= 0.3 is 0 Å². The van der Waals surface area contributed by atoms with Crippen LogP contribution in [0.3, 0.4) is 0 Å². The minimum Gasteiger partial charge on any atom is -0.400 e. The molecule has 0 saturated heterocycles. The van der Waals surface area contributed by atoms with Crippen LogP contribution in [-0.2, 0) is 21.7 Å². The summed E-state index contributed by atoms with van der Waals surface area (Å²) >= 11 is 5.12. The van der Waals surface area contributed by atoms with Crippen LogP contribution in [0.1, 0.15) is 6.42 Å². The molecule has 0 amide bonds. The molecule has 72 valence electrons. The number of aliphatic hydroxyl groups is 3. The molecule has 3 N–H and O–H groups in total. The Hall–Kier alpha value is 0.884. The van der Waals surface area contributed by atoms with Crippen molar-refractivity contribution in [2.75, 3.05) is 27.2 Å². The molecule has 0 radical (unpaired) electrons. The molecule has 5 heteroatoms. The molecule has 3 nitrogen and oxygen atoms in total. The number of alkyl halides is 1. The first-order valence-electron chi connectivity index (χ1n) is 2.61. The van der Waals surface area contributed by atoms with Crippen molar-refractivity contribution in [2.24, 2.45) is 0 Å². The Morgan fingerprint density at radius 2 is 1.09 bits per heavy atom. The quantitative estimate of drug-likeness (QED) is 0.338. The maximum Gasteiger partial charge on any atom is 0.0319 e. The summed E-state index contributed by atoms with van der Waals surface area (Å²) in [5.41, 5.74) is 0. The van der Waals surface area contributed by atoms with Gasteiger partial charge in [0.15, 0.2) is 0 Å². The van der Waals surface area contributed by atoms with E-state index in [4.69, 9.17) is 26.9 Å². The minimum atomic E-state index is 0. The zero-order valence-corrected chi connectivity index (χ0v) is 9.66. The van der Waals surface area contributed by atoms with Crippen LogP contribution in [-0.4, -0.2) is 42.5 Å². The molecule has 0 saturated carbocycles. The summed E-state index contributed by atoms with van der Waals surface area (Å²) in [6.45, 7) is 3.47. The number of aliphatic hydroxyl groups excluding tert-OH is 3. The van der Waals surface area contributed by atoms with Crippen LogP contribution in [0.2, 0.25) is 0 Å². The van der Waals surface area contributed by atoms with Gasteiger partial charge in [-0.1, -0.05) is 0 Å². The monoisotopic (exact) mass is 221 g/mol. The molecule has 0 aliphatic heterocycles. The summed E-state index contributed by atoms with van der Waals surface area (Å²) < 4.78 is 0. The van der Waals surface area contributed by atoms with Crippen LogP contribution in [0.15, 0.2) is 0 Å². The normalized spacial score (nSPS) is 4.36. The maximum absolute atomic E-state index is 7.00. The molecule has 0 aliphatic carbocycles. The molecule has 0 rings (SSSR count). The fourth-order valence-electron chi connectivity index (χ4n) is 0. The first-order valence-corrected chi connectivity index (χ1v) is 3.14. The Kier molecular flexibility index (Phi) is 345. The number of hydrogen-bond donors (Lipinski definition) is 3. The Labute approximate surface area is 89.3 Å². The molecule has 0 heterocycles. The Bertz CT molecular complexity index is 19.8. The van der Waals surface area contributed by atoms with E-state index in [1.807, 2.05) is 0 Å². The predicted octanol–water partition coefficient (Wildman–Crippen LogP) is 0.272. The van der Waals surface area contributed by atoms with Crippen molar-refractivity contribution in [1.29, 1.82) is 0 Å². The zero-order valence-electron chi connectivity index (χ0n) is 7.34. The molecule has 11 heavy (non-hydrogen) atoms. The van der Waals surface area contributed by atoms with E-state index in [1.54, 1.807) is 0 Å². The molecule has 0 aliphatic rings. The van der Waals surface area contributed by atoms with Crippen LogP contribution in [0.4, 0.5) is 0 Å². The third-order valence-corrected chi connectivity index (χ3v) is 0.401. The summed E-state index contributed by atoms with van der Waals surface area (Å²) in [6, 6.07) is 0. The van der Waals surface area contributed by atoms with E-state index in [2.05, 4.69) is 6.92 Å². The Balaban J connectivity index is -0.0000000152. The summed E-state index contributed by atoms with van der Waals surface area (Å²) in [5, 5.41) is 21.0. The van der Waals surface area contributed by atoms with Crippen LogP contribution < -0.4 is 0 Å². The van der Waals surface area contributed by atoms with Gasteiger partial charge in [-0.3, -0.25) is 0 Å². The Morgan fingerprint density at radius 3 is 1.09 bits per heavy atom. The third-order valence-electron chi connectivity index (χ3n) is 0.134. The van der Waals surface area contributed by atoms with Gasteiger partial charge in [0.2, 0.25) is 0 Å². The molecule has 0 fully saturated rings. The van der Waals surface area contributed by atoms with E-state index in [0.29, 0.717) is 5.88 Å². The Morgan fingerprint density at radius 1 is 1.00 bits per heavy atom. The summed E-state index contributed by atoms with van der Waals surface area (Å²) in [4.78, 5) is 0. The molecular formula is C6H18ClO3Ti-. The first kappa shape index (κ1) is 29.7. The number of hydrogen-bond acceptors (Lipinski definition) is 3. The van der Waals surface area contributed by atoms with E-state index in [-0.39, 0.29) is 21.7 Å². The molecule has 0 aromatic carbocycles. The average molecular weight is 222 g/mol. The summed E-state index contributed by atoms with van der Waals surface area (Å²) in [7, 11) is 3.00. The topological polar surface area (TPSA) is 60.7 Å². The smallest absolute Gasteiger partial charge is 0.0319 e. The SMILES string of the molecule is CO.CO.CO.[CH2-]CCCl.[Ti]. The second-order valence-electron chi connectivity index (χ2n) is 0.543. The molecule has 0 unspecified atom stereocenters. The molecule has 0 spiro atoms. The van der Waals surface area contributed by atoms with Gasteiger partial charge in [0.25, 0.3) is 0 Å². The largest absolute Gasteiger partial charge is 0.400 e. The molecule has 0 aromatic rings. The third kappa shape index (κ3) is 242. The summed E-state index contributed by atoms with van der Waals surface area (Å²) in [6.07, 6.45) is 0.835. The second kappa shape index (κ2) is 128. The van der Waals surface area contributed by atoms with E-state index >= 15 is 0 Å². The minimum absolute atomic E-state index is 0. The van der Waals surface area contributed by atoms with Crippen LogP contribution in [0.25, 0.3) is 0 Å². The second-order valence-corrected chi connectivity index (χ2v) is 0.921. The fraction of sp³-hybridized carbons (Fsp3) is 0.833. The van der Waals surface area contributed by atoms with Gasteiger partial charge in [0, 0.05) is 43.0 Å². The van der Waals surface area contributed by atoms with Crippen LogP contribution >= 0.6 is 11.6 Å². The predicted molar refractivity (Wildman–Crippen MR) is 45.1 cm³/mol. The van der Waals surface area contributed by atoms with Gasteiger partial charge < -0.3 is 22.2 Å². The van der Waals surface area contributed by atoms with Crippen LogP contribution in [0.5, 0.6) is 0 Å². The number of halogens is 1. The summed E-state index contributed by atoms with van der Waals surface area (Å²) in [5.74, 6) is 0.681. The zero-order chi connectivity index (χ0) is 9.41. The van der Waals surface area contributed by atoms with Gasteiger partial charge in [-0.25, -0.2) is 0 Å². The van der Waals surface area contributed by atoms with Crippen molar-refractivity contribution in [1.82, 2.24) is 0 Å². The molecule has 0 aromatic heterocycles. The first-order chi connectivity index (χ1) is 4.91. The van der Waals surface area contributed by atoms with Gasteiger partial charge in [-0.15, -0.1) is 11.6 Å².